The van der Waals surface area contributed by atoms with Crippen LogP contribution in [0.3, 0.4) is 0 Å². The van der Waals surface area contributed by atoms with Gasteiger partial charge in [-0.15, -0.1) is 0 Å². The van der Waals surface area contributed by atoms with E-state index in [2.05, 4.69) is 19.2 Å². The van der Waals surface area contributed by atoms with Gasteiger partial charge in [0, 0.05) is 6.04 Å². The Bertz CT molecular complexity index is 235. The van der Waals surface area contributed by atoms with Crippen LogP contribution < -0.4 is 5.32 Å². The van der Waals surface area contributed by atoms with E-state index in [1.165, 1.54) is 19.4 Å². The number of hydrogen-bond donors (Lipinski definition) is 1. The number of fused-ring (bicyclic) bond motifs is 5. The summed E-state index contributed by atoms with van der Waals surface area (Å²) >= 11 is 0. The van der Waals surface area contributed by atoms with Crippen molar-refractivity contribution in [2.24, 2.45) is 29.6 Å². The number of rotatable bonds is 3. The maximum Gasteiger partial charge on any atom is 0.0101 e. The Morgan fingerprint density at radius 1 is 1.07 bits per heavy atom. The molecular weight excluding hydrogens is 182 g/mol. The van der Waals surface area contributed by atoms with Gasteiger partial charge in [-0.05, 0) is 61.8 Å². The Kier molecular flexibility index (Phi) is 2.54. The van der Waals surface area contributed by atoms with Crippen molar-refractivity contribution in [3.63, 3.8) is 0 Å². The highest BCUT2D eigenvalue weighted by Gasteiger charge is 2.53. The van der Waals surface area contributed by atoms with Gasteiger partial charge < -0.3 is 5.32 Å². The summed E-state index contributed by atoms with van der Waals surface area (Å²) in [6.07, 6.45) is 7.69. The lowest BCUT2D eigenvalue weighted by atomic mass is 9.79. The summed E-state index contributed by atoms with van der Waals surface area (Å²) in [6, 6.07) is 0.886. The number of nitrogens with one attached hydrogen (secondary N) is 1. The van der Waals surface area contributed by atoms with Crippen LogP contribution in [0.5, 0.6) is 0 Å². The molecule has 0 saturated heterocycles. The van der Waals surface area contributed by atoms with Crippen LogP contribution in [0.1, 0.15) is 46.0 Å². The van der Waals surface area contributed by atoms with Crippen molar-refractivity contribution in [2.45, 2.75) is 52.0 Å². The van der Waals surface area contributed by atoms with Crippen LogP contribution in [0.2, 0.25) is 0 Å². The van der Waals surface area contributed by atoms with Crippen molar-refractivity contribution in [1.82, 2.24) is 5.32 Å². The Hall–Kier alpha value is -0.0400. The molecule has 0 heterocycles. The lowest BCUT2D eigenvalue weighted by molar-refractivity contribution is 0.205. The zero-order chi connectivity index (χ0) is 10.4. The van der Waals surface area contributed by atoms with Crippen LogP contribution in [0, 0.1) is 29.6 Å². The van der Waals surface area contributed by atoms with Crippen molar-refractivity contribution in [3.05, 3.63) is 0 Å². The fourth-order valence-electron chi connectivity index (χ4n) is 4.69. The van der Waals surface area contributed by atoms with E-state index in [1.54, 1.807) is 19.3 Å². The smallest absolute Gasteiger partial charge is 0.0101 e. The van der Waals surface area contributed by atoms with E-state index in [-0.39, 0.29) is 0 Å². The molecule has 5 atom stereocenters. The molecule has 5 unspecified atom stereocenters. The summed E-state index contributed by atoms with van der Waals surface area (Å²) in [5.41, 5.74) is 0. The van der Waals surface area contributed by atoms with Gasteiger partial charge in [0.25, 0.3) is 0 Å². The minimum Gasteiger partial charge on any atom is -0.313 e. The van der Waals surface area contributed by atoms with Crippen LogP contribution >= 0.6 is 0 Å². The zero-order valence-corrected chi connectivity index (χ0v) is 10.2. The van der Waals surface area contributed by atoms with Gasteiger partial charge in [0.1, 0.15) is 0 Å². The van der Waals surface area contributed by atoms with Gasteiger partial charge in [-0.3, -0.25) is 0 Å². The van der Waals surface area contributed by atoms with Gasteiger partial charge in [0.05, 0.1) is 0 Å². The first-order valence-corrected chi connectivity index (χ1v) is 6.99. The molecular formula is C14H25N. The molecule has 0 amide bonds. The standard InChI is InChI=1S/C14H25N/c1-9(2)8-15-14-7-10-6-13(14)12-5-3-4-11(10)12/h9-15H,3-8H2,1-2H3. The van der Waals surface area contributed by atoms with Crippen molar-refractivity contribution in [1.29, 1.82) is 0 Å². The SMILES string of the molecule is CC(C)CNC1CC2CC1C1CCCC21. The second-order valence-corrected chi connectivity index (χ2v) is 6.56. The second kappa shape index (κ2) is 3.76. The molecule has 1 heteroatoms. The fourth-order valence-corrected chi connectivity index (χ4v) is 4.69. The van der Waals surface area contributed by atoms with Gasteiger partial charge in [-0.1, -0.05) is 20.3 Å². The van der Waals surface area contributed by atoms with Crippen molar-refractivity contribution in [3.8, 4) is 0 Å². The molecule has 1 N–H and O–H groups in total. The highest BCUT2D eigenvalue weighted by molar-refractivity contribution is 5.05. The van der Waals surface area contributed by atoms with Crippen LogP contribution in [0.25, 0.3) is 0 Å². The van der Waals surface area contributed by atoms with Crippen molar-refractivity contribution in [2.75, 3.05) is 6.54 Å². The van der Waals surface area contributed by atoms with Gasteiger partial charge in [0.2, 0.25) is 0 Å². The molecule has 2 bridgehead atoms. The van der Waals surface area contributed by atoms with Crippen molar-refractivity contribution < 1.29 is 0 Å². The first-order valence-electron chi connectivity index (χ1n) is 6.99. The summed E-state index contributed by atoms with van der Waals surface area (Å²) in [5.74, 6) is 5.23. The van der Waals surface area contributed by atoms with Gasteiger partial charge in [-0.25, -0.2) is 0 Å². The molecule has 3 fully saturated rings. The Balaban J connectivity index is 1.61. The van der Waals surface area contributed by atoms with Gasteiger partial charge >= 0.3 is 0 Å². The summed E-state index contributed by atoms with van der Waals surface area (Å²) in [6.45, 7) is 5.86. The average Bonchev–Trinajstić information content (AvgIpc) is 2.86. The third-order valence-electron chi connectivity index (χ3n) is 5.22. The summed E-state index contributed by atoms with van der Waals surface area (Å²) in [4.78, 5) is 0. The largest absolute Gasteiger partial charge is 0.313 e. The topological polar surface area (TPSA) is 12.0 Å². The van der Waals surface area contributed by atoms with Gasteiger partial charge in [0.15, 0.2) is 0 Å². The summed E-state index contributed by atoms with van der Waals surface area (Å²) in [7, 11) is 0. The predicted octanol–water partition coefficient (Wildman–Crippen LogP) is 3.06. The Morgan fingerprint density at radius 3 is 2.67 bits per heavy atom. The van der Waals surface area contributed by atoms with E-state index in [0.29, 0.717) is 0 Å². The first kappa shape index (κ1) is 10.1. The molecule has 0 spiro atoms. The highest BCUT2D eigenvalue weighted by Crippen LogP contribution is 2.58. The molecule has 0 radical (unpaired) electrons. The first-order chi connectivity index (χ1) is 7.25. The van der Waals surface area contributed by atoms with Crippen LogP contribution in [0.15, 0.2) is 0 Å². The molecule has 3 rings (SSSR count). The monoisotopic (exact) mass is 207 g/mol. The van der Waals surface area contributed by atoms with E-state index in [9.17, 15) is 0 Å². The Labute approximate surface area is 94.0 Å². The normalized spacial score (nSPS) is 47.8. The summed E-state index contributed by atoms with van der Waals surface area (Å²) < 4.78 is 0. The molecule has 0 aromatic heterocycles. The third-order valence-corrected chi connectivity index (χ3v) is 5.22. The minimum atomic E-state index is 0.809. The molecule has 0 aliphatic heterocycles. The van der Waals surface area contributed by atoms with E-state index >= 15 is 0 Å². The molecule has 3 aliphatic rings. The maximum absolute atomic E-state index is 3.83. The van der Waals surface area contributed by atoms with E-state index in [0.717, 1.165) is 35.6 Å². The lowest BCUT2D eigenvalue weighted by Crippen LogP contribution is -2.40. The molecule has 0 aromatic carbocycles. The quantitative estimate of drug-likeness (QED) is 0.750. The van der Waals surface area contributed by atoms with Crippen LogP contribution in [0.4, 0.5) is 0 Å². The van der Waals surface area contributed by atoms with Crippen molar-refractivity contribution >= 4 is 0 Å². The predicted molar refractivity (Wildman–Crippen MR) is 63.7 cm³/mol. The third kappa shape index (κ3) is 1.63. The maximum atomic E-state index is 3.83. The molecule has 86 valence electrons. The number of hydrogen-bond acceptors (Lipinski definition) is 1. The van der Waals surface area contributed by atoms with Gasteiger partial charge in [-0.2, -0.15) is 0 Å². The second-order valence-electron chi connectivity index (χ2n) is 6.56. The average molecular weight is 207 g/mol. The van der Waals surface area contributed by atoms with Crippen LogP contribution in [-0.4, -0.2) is 12.6 Å². The Morgan fingerprint density at radius 2 is 1.87 bits per heavy atom. The molecule has 15 heavy (non-hydrogen) atoms. The van der Waals surface area contributed by atoms with E-state index < -0.39 is 0 Å². The lowest BCUT2D eigenvalue weighted by Gasteiger charge is -2.32. The minimum absolute atomic E-state index is 0.809. The fraction of sp³-hybridized carbons (Fsp3) is 1.00. The molecule has 1 nitrogen and oxygen atoms in total. The summed E-state index contributed by atoms with van der Waals surface area (Å²) in [5, 5.41) is 3.83. The highest BCUT2D eigenvalue weighted by atomic mass is 14.9. The molecule has 3 saturated carbocycles. The zero-order valence-electron chi connectivity index (χ0n) is 10.2. The van der Waals surface area contributed by atoms with E-state index in [4.69, 9.17) is 0 Å². The molecule has 0 aromatic rings. The molecule has 3 aliphatic carbocycles. The van der Waals surface area contributed by atoms with Crippen LogP contribution in [-0.2, 0) is 0 Å². The van der Waals surface area contributed by atoms with E-state index in [1.807, 2.05) is 0 Å².